The highest BCUT2D eigenvalue weighted by atomic mass is 16.4. The standard InChI is InChI=1S/C4H12BNO2/c1-3(2)4(6)5(7)8/h3-4,7-8H,6H2,1-2H3/t4-/m0/s1. The van der Waals surface area contributed by atoms with E-state index in [9.17, 15) is 0 Å². The largest absolute Gasteiger partial charge is 0.469 e. The minimum atomic E-state index is -1.38. The summed E-state index contributed by atoms with van der Waals surface area (Å²) < 4.78 is 0. The van der Waals surface area contributed by atoms with E-state index < -0.39 is 13.1 Å². The van der Waals surface area contributed by atoms with Crippen LogP contribution < -0.4 is 5.73 Å². The molecule has 0 aromatic rings. The highest BCUT2D eigenvalue weighted by molar-refractivity contribution is 6.43. The van der Waals surface area contributed by atoms with Crippen molar-refractivity contribution in [2.24, 2.45) is 11.7 Å². The molecule has 1 atom stereocenters. The van der Waals surface area contributed by atoms with Gasteiger partial charge in [0.15, 0.2) is 0 Å². The van der Waals surface area contributed by atoms with Gasteiger partial charge in [0.1, 0.15) is 0 Å². The van der Waals surface area contributed by atoms with Gasteiger partial charge in [-0.05, 0) is 5.92 Å². The van der Waals surface area contributed by atoms with Crippen LogP contribution in [0.15, 0.2) is 0 Å². The van der Waals surface area contributed by atoms with Crippen LogP contribution in [-0.4, -0.2) is 23.1 Å². The summed E-state index contributed by atoms with van der Waals surface area (Å²) in [6, 6.07) is 0. The Kier molecular flexibility index (Phi) is 3.05. The highest BCUT2D eigenvalue weighted by Crippen LogP contribution is 1.97. The molecule has 48 valence electrons. The van der Waals surface area contributed by atoms with Crippen LogP contribution in [-0.2, 0) is 0 Å². The molecule has 0 aromatic carbocycles. The maximum Gasteiger partial charge on any atom is 0.469 e. The molecule has 0 unspecified atom stereocenters. The molecule has 4 N–H and O–H groups in total. The Labute approximate surface area is 49.7 Å². The normalized spacial score (nSPS) is 14.2. The van der Waals surface area contributed by atoms with Crippen LogP contribution in [0.3, 0.4) is 0 Å². The Balaban J connectivity index is 3.46. The molecule has 0 aromatic heterocycles. The van der Waals surface area contributed by atoms with E-state index in [2.05, 4.69) is 0 Å². The molecule has 8 heavy (non-hydrogen) atoms. The van der Waals surface area contributed by atoms with E-state index in [1.807, 2.05) is 13.8 Å². The zero-order valence-electron chi connectivity index (χ0n) is 5.20. The number of hydrogen-bond donors (Lipinski definition) is 3. The summed E-state index contributed by atoms with van der Waals surface area (Å²) >= 11 is 0. The van der Waals surface area contributed by atoms with Crippen LogP contribution in [0.25, 0.3) is 0 Å². The molecule has 0 heterocycles. The van der Waals surface area contributed by atoms with Gasteiger partial charge in [-0.3, -0.25) is 0 Å². The minimum absolute atomic E-state index is 0.120. The predicted octanol–water partition coefficient (Wildman–Crippen LogP) is -1.02. The van der Waals surface area contributed by atoms with Crippen LogP contribution in [0, 0.1) is 5.92 Å². The third kappa shape index (κ3) is 2.30. The van der Waals surface area contributed by atoms with Crippen LogP contribution >= 0.6 is 0 Å². The van der Waals surface area contributed by atoms with Gasteiger partial charge in [-0.2, -0.15) is 0 Å². The van der Waals surface area contributed by atoms with Gasteiger partial charge in [0.25, 0.3) is 0 Å². The second kappa shape index (κ2) is 3.07. The maximum absolute atomic E-state index is 8.42. The first kappa shape index (κ1) is 7.94. The quantitative estimate of drug-likeness (QED) is 0.405. The van der Waals surface area contributed by atoms with Crippen LogP contribution in [0.4, 0.5) is 0 Å². The minimum Gasteiger partial charge on any atom is -0.426 e. The van der Waals surface area contributed by atoms with Gasteiger partial charge in [-0.15, -0.1) is 0 Å². The first-order chi connectivity index (χ1) is 3.55. The molecule has 0 amide bonds. The maximum atomic E-state index is 8.42. The van der Waals surface area contributed by atoms with Gasteiger partial charge >= 0.3 is 7.12 Å². The lowest BCUT2D eigenvalue weighted by Crippen LogP contribution is -2.42. The summed E-state index contributed by atoms with van der Waals surface area (Å²) in [6.45, 7) is 3.67. The first-order valence-corrected chi connectivity index (χ1v) is 2.67. The predicted molar refractivity (Wildman–Crippen MR) is 33.0 cm³/mol. The van der Waals surface area contributed by atoms with Crippen LogP contribution in [0.1, 0.15) is 13.8 Å². The van der Waals surface area contributed by atoms with E-state index in [1.54, 1.807) is 0 Å². The molecule has 0 spiro atoms. The summed E-state index contributed by atoms with van der Waals surface area (Å²) in [5.74, 6) is -0.398. The number of hydrogen-bond acceptors (Lipinski definition) is 3. The SMILES string of the molecule is CC(C)[C@H](N)B(O)O. The molecular weight excluding hydrogens is 105 g/mol. The molecule has 0 aliphatic carbocycles. The molecule has 3 nitrogen and oxygen atoms in total. The van der Waals surface area contributed by atoms with Gasteiger partial charge in [0, 0.05) is 5.94 Å². The second-order valence-corrected chi connectivity index (χ2v) is 2.23. The average molecular weight is 117 g/mol. The first-order valence-electron chi connectivity index (χ1n) is 2.67. The van der Waals surface area contributed by atoms with Crippen molar-refractivity contribution < 1.29 is 10.0 Å². The van der Waals surface area contributed by atoms with Gasteiger partial charge in [-0.25, -0.2) is 0 Å². The zero-order chi connectivity index (χ0) is 6.73. The second-order valence-electron chi connectivity index (χ2n) is 2.23. The fourth-order valence-electron chi connectivity index (χ4n) is 0.344. The molecule has 0 fully saturated rings. The van der Waals surface area contributed by atoms with Crippen LogP contribution in [0.5, 0.6) is 0 Å². The van der Waals surface area contributed by atoms with E-state index >= 15 is 0 Å². The molecule has 0 saturated carbocycles. The zero-order valence-corrected chi connectivity index (χ0v) is 5.20. The van der Waals surface area contributed by atoms with Crippen molar-refractivity contribution in [3.05, 3.63) is 0 Å². The highest BCUT2D eigenvalue weighted by Gasteiger charge is 2.21. The number of nitrogens with two attached hydrogens (primary N) is 1. The Morgan fingerprint density at radius 2 is 1.75 bits per heavy atom. The van der Waals surface area contributed by atoms with Crippen molar-refractivity contribution in [2.45, 2.75) is 19.8 Å². The summed E-state index contributed by atoms with van der Waals surface area (Å²) in [6.07, 6.45) is 0. The molecule has 0 bridgehead atoms. The van der Waals surface area contributed by atoms with E-state index in [1.165, 1.54) is 0 Å². The number of rotatable bonds is 2. The molecule has 0 radical (unpaired) electrons. The van der Waals surface area contributed by atoms with Crippen molar-refractivity contribution >= 4 is 7.12 Å². The van der Waals surface area contributed by atoms with Gasteiger partial charge < -0.3 is 15.8 Å². The van der Waals surface area contributed by atoms with Crippen molar-refractivity contribution in [3.63, 3.8) is 0 Å². The molecule has 0 aliphatic rings. The lowest BCUT2D eigenvalue weighted by Gasteiger charge is -2.12. The van der Waals surface area contributed by atoms with E-state index in [0.29, 0.717) is 0 Å². The third-order valence-electron chi connectivity index (χ3n) is 1.11. The van der Waals surface area contributed by atoms with Crippen molar-refractivity contribution in [1.29, 1.82) is 0 Å². The lowest BCUT2D eigenvalue weighted by atomic mass is 9.74. The van der Waals surface area contributed by atoms with E-state index in [-0.39, 0.29) is 5.92 Å². The summed E-state index contributed by atoms with van der Waals surface area (Å²) in [4.78, 5) is 0. The molecule has 0 rings (SSSR count). The monoisotopic (exact) mass is 117 g/mol. The van der Waals surface area contributed by atoms with E-state index in [4.69, 9.17) is 15.8 Å². The van der Waals surface area contributed by atoms with Gasteiger partial charge in [0.2, 0.25) is 0 Å². The average Bonchev–Trinajstić information content (AvgIpc) is 1.64. The van der Waals surface area contributed by atoms with Gasteiger partial charge in [-0.1, -0.05) is 13.8 Å². The molecule has 4 heteroatoms. The fraction of sp³-hybridized carbons (Fsp3) is 1.00. The van der Waals surface area contributed by atoms with Crippen molar-refractivity contribution in [1.82, 2.24) is 0 Å². The Morgan fingerprint density at radius 3 is 1.75 bits per heavy atom. The van der Waals surface area contributed by atoms with Crippen LogP contribution in [0.2, 0.25) is 0 Å². The topological polar surface area (TPSA) is 66.5 Å². The molecule has 0 saturated heterocycles. The fourth-order valence-corrected chi connectivity index (χ4v) is 0.344. The Bertz CT molecular complexity index is 59.1. The van der Waals surface area contributed by atoms with Crippen molar-refractivity contribution in [2.75, 3.05) is 0 Å². The summed E-state index contributed by atoms with van der Waals surface area (Å²) in [5, 5.41) is 16.8. The van der Waals surface area contributed by atoms with E-state index in [0.717, 1.165) is 0 Å². The molecular formula is C4H12BNO2. The third-order valence-corrected chi connectivity index (χ3v) is 1.11. The Morgan fingerprint density at radius 1 is 1.38 bits per heavy atom. The lowest BCUT2D eigenvalue weighted by molar-refractivity contribution is 0.365. The molecule has 0 aliphatic heterocycles. The summed E-state index contributed by atoms with van der Waals surface area (Å²) in [5.41, 5.74) is 5.26. The van der Waals surface area contributed by atoms with Crippen molar-refractivity contribution in [3.8, 4) is 0 Å². The van der Waals surface area contributed by atoms with Gasteiger partial charge in [0.05, 0.1) is 0 Å². The summed E-state index contributed by atoms with van der Waals surface area (Å²) in [7, 11) is -1.38. The Hall–Kier alpha value is -0.0551. The smallest absolute Gasteiger partial charge is 0.426 e.